The van der Waals surface area contributed by atoms with Crippen molar-refractivity contribution in [1.82, 2.24) is 4.98 Å². The number of rotatable bonds is 0. The minimum absolute atomic E-state index is 0.469. The van der Waals surface area contributed by atoms with Crippen molar-refractivity contribution in [2.45, 2.75) is 12.4 Å². The number of hydrogen-bond donors (Lipinski definition) is 0. The lowest BCUT2D eigenvalue weighted by atomic mass is 10.2. The summed E-state index contributed by atoms with van der Waals surface area (Å²) in [6.07, 6.45) is -9.29. The molecule has 0 saturated heterocycles. The Morgan fingerprint density at radius 2 is 1.53 bits per heavy atom. The Morgan fingerprint density at radius 1 is 1.00 bits per heavy atom. The molecule has 84 valence electrons. The van der Waals surface area contributed by atoms with Gasteiger partial charge in [-0.05, 0) is 22.0 Å². The molecule has 1 rings (SSSR count). The SMILES string of the molecule is FC(F)(F)c1ccnc(C(F)(F)F)c1Br. The molecule has 0 atom stereocenters. The van der Waals surface area contributed by atoms with Gasteiger partial charge in [0.1, 0.15) is 0 Å². The van der Waals surface area contributed by atoms with E-state index in [-0.39, 0.29) is 0 Å². The van der Waals surface area contributed by atoms with Crippen molar-refractivity contribution in [3.8, 4) is 0 Å². The minimum atomic E-state index is -4.92. The fourth-order valence-corrected chi connectivity index (χ4v) is 1.54. The molecular formula is C7H2BrF6N. The number of hydrogen-bond acceptors (Lipinski definition) is 1. The molecule has 8 heteroatoms. The van der Waals surface area contributed by atoms with E-state index in [1.54, 1.807) is 0 Å². The van der Waals surface area contributed by atoms with Crippen molar-refractivity contribution in [2.24, 2.45) is 0 Å². The molecule has 15 heavy (non-hydrogen) atoms. The van der Waals surface area contributed by atoms with Gasteiger partial charge in [-0.1, -0.05) is 0 Å². The van der Waals surface area contributed by atoms with Crippen LogP contribution in [-0.2, 0) is 12.4 Å². The van der Waals surface area contributed by atoms with Crippen LogP contribution in [0, 0.1) is 0 Å². The molecule has 0 bridgehead atoms. The molecule has 0 spiro atoms. The first kappa shape index (κ1) is 12.3. The minimum Gasteiger partial charge on any atom is -0.251 e. The highest BCUT2D eigenvalue weighted by atomic mass is 79.9. The van der Waals surface area contributed by atoms with Gasteiger partial charge in [-0.3, -0.25) is 4.98 Å². The van der Waals surface area contributed by atoms with E-state index in [1.807, 2.05) is 0 Å². The molecule has 0 aliphatic rings. The molecule has 0 fully saturated rings. The number of aromatic nitrogens is 1. The average molecular weight is 294 g/mol. The third-order valence-corrected chi connectivity index (χ3v) is 2.27. The van der Waals surface area contributed by atoms with Crippen LogP contribution in [0.25, 0.3) is 0 Å². The van der Waals surface area contributed by atoms with E-state index in [4.69, 9.17) is 0 Å². The summed E-state index contributed by atoms with van der Waals surface area (Å²) in [5.41, 5.74) is -2.98. The van der Waals surface area contributed by atoms with Gasteiger partial charge >= 0.3 is 12.4 Å². The third-order valence-electron chi connectivity index (χ3n) is 1.46. The second kappa shape index (κ2) is 3.66. The monoisotopic (exact) mass is 293 g/mol. The van der Waals surface area contributed by atoms with E-state index < -0.39 is 28.1 Å². The Morgan fingerprint density at radius 3 is 1.93 bits per heavy atom. The Balaban J connectivity index is 3.37. The summed E-state index contributed by atoms with van der Waals surface area (Å²) < 4.78 is 72.0. The summed E-state index contributed by atoms with van der Waals surface area (Å²) >= 11 is 2.25. The van der Waals surface area contributed by atoms with Crippen LogP contribution in [0.15, 0.2) is 16.7 Å². The smallest absolute Gasteiger partial charge is 0.251 e. The first-order valence-electron chi connectivity index (χ1n) is 3.43. The lowest BCUT2D eigenvalue weighted by molar-refractivity contribution is -0.146. The van der Waals surface area contributed by atoms with Crippen LogP contribution < -0.4 is 0 Å². The highest BCUT2D eigenvalue weighted by Gasteiger charge is 2.41. The van der Waals surface area contributed by atoms with Crippen LogP contribution in [0.2, 0.25) is 0 Å². The van der Waals surface area contributed by atoms with E-state index in [1.165, 1.54) is 0 Å². The van der Waals surface area contributed by atoms with Crippen LogP contribution in [0.1, 0.15) is 11.3 Å². The highest BCUT2D eigenvalue weighted by Crippen LogP contribution is 2.40. The fourth-order valence-electron chi connectivity index (χ4n) is 0.860. The first-order chi connectivity index (χ1) is 6.64. The summed E-state index contributed by atoms with van der Waals surface area (Å²) in [4.78, 5) is 2.85. The quantitative estimate of drug-likeness (QED) is 0.662. The maximum absolute atomic E-state index is 12.2. The molecule has 1 aromatic heterocycles. The van der Waals surface area contributed by atoms with Crippen LogP contribution in [0.4, 0.5) is 26.3 Å². The second-order valence-electron chi connectivity index (χ2n) is 2.52. The lowest BCUT2D eigenvalue weighted by Gasteiger charge is -2.13. The number of alkyl halides is 6. The summed E-state index contributed by atoms with van der Waals surface area (Å²) in [5, 5.41) is 0. The van der Waals surface area contributed by atoms with E-state index >= 15 is 0 Å². The molecule has 0 unspecified atom stereocenters. The van der Waals surface area contributed by atoms with Gasteiger partial charge in [0, 0.05) is 6.20 Å². The predicted molar refractivity (Wildman–Crippen MR) is 41.9 cm³/mol. The maximum atomic E-state index is 12.2. The van der Waals surface area contributed by atoms with Crippen molar-refractivity contribution < 1.29 is 26.3 Å². The van der Waals surface area contributed by atoms with Gasteiger partial charge in [0.05, 0.1) is 10.0 Å². The maximum Gasteiger partial charge on any atom is 0.434 e. The van der Waals surface area contributed by atoms with Gasteiger partial charge in [0.15, 0.2) is 5.69 Å². The summed E-state index contributed by atoms with van der Waals surface area (Å²) in [6.45, 7) is 0. The third kappa shape index (κ3) is 2.61. The van der Waals surface area contributed by atoms with Gasteiger partial charge in [-0.2, -0.15) is 26.3 Å². The van der Waals surface area contributed by atoms with Crippen LogP contribution in [-0.4, -0.2) is 4.98 Å². The molecule has 0 radical (unpaired) electrons. The number of halogens is 7. The molecule has 1 nitrogen and oxygen atoms in total. The predicted octanol–water partition coefficient (Wildman–Crippen LogP) is 3.88. The molecule has 0 aromatic carbocycles. The highest BCUT2D eigenvalue weighted by molar-refractivity contribution is 9.10. The van der Waals surface area contributed by atoms with E-state index in [0.29, 0.717) is 12.3 Å². The van der Waals surface area contributed by atoms with Gasteiger partial charge < -0.3 is 0 Å². The lowest BCUT2D eigenvalue weighted by Crippen LogP contribution is -2.14. The average Bonchev–Trinajstić information content (AvgIpc) is 1.99. The van der Waals surface area contributed by atoms with Gasteiger partial charge in [0.2, 0.25) is 0 Å². The summed E-state index contributed by atoms with van der Waals surface area (Å²) in [6, 6.07) is 0.472. The zero-order valence-corrected chi connectivity index (χ0v) is 8.33. The molecule has 1 aromatic rings. The summed E-state index contributed by atoms with van der Waals surface area (Å²) in [7, 11) is 0. The van der Waals surface area contributed by atoms with Crippen LogP contribution >= 0.6 is 15.9 Å². The van der Waals surface area contributed by atoms with E-state index in [2.05, 4.69) is 20.9 Å². The van der Waals surface area contributed by atoms with E-state index in [9.17, 15) is 26.3 Å². The molecule has 0 aliphatic carbocycles. The topological polar surface area (TPSA) is 12.9 Å². The van der Waals surface area contributed by atoms with Crippen LogP contribution in [0.3, 0.4) is 0 Å². The standard InChI is InChI=1S/C7H2BrF6N/c8-4-3(6(9,10)11)1-2-15-5(4)7(12,13)14/h1-2H. The molecule has 1 heterocycles. The number of nitrogens with zero attached hydrogens (tertiary/aromatic N) is 1. The summed E-state index contributed by atoms with van der Waals surface area (Å²) in [5.74, 6) is 0. The van der Waals surface area contributed by atoms with Crippen molar-refractivity contribution in [1.29, 1.82) is 0 Å². The molecule has 0 N–H and O–H groups in total. The Kier molecular flexibility index (Phi) is 2.99. The Hall–Kier alpha value is -0.790. The van der Waals surface area contributed by atoms with Gasteiger partial charge in [0.25, 0.3) is 0 Å². The molecular weight excluding hydrogens is 292 g/mol. The van der Waals surface area contributed by atoms with Gasteiger partial charge in [-0.25, -0.2) is 0 Å². The molecule has 0 amide bonds. The Bertz CT molecular complexity index is 336. The van der Waals surface area contributed by atoms with E-state index in [0.717, 1.165) is 0 Å². The van der Waals surface area contributed by atoms with Crippen molar-refractivity contribution in [2.75, 3.05) is 0 Å². The van der Waals surface area contributed by atoms with Crippen molar-refractivity contribution in [3.63, 3.8) is 0 Å². The normalized spacial score (nSPS) is 13.0. The molecule has 0 saturated carbocycles. The molecule has 0 aliphatic heterocycles. The zero-order valence-electron chi connectivity index (χ0n) is 6.75. The van der Waals surface area contributed by atoms with Crippen molar-refractivity contribution in [3.05, 3.63) is 28.0 Å². The van der Waals surface area contributed by atoms with Gasteiger partial charge in [-0.15, -0.1) is 0 Å². The first-order valence-corrected chi connectivity index (χ1v) is 4.22. The fraction of sp³-hybridized carbons (Fsp3) is 0.286. The second-order valence-corrected chi connectivity index (χ2v) is 3.31. The number of pyridine rings is 1. The van der Waals surface area contributed by atoms with Crippen molar-refractivity contribution >= 4 is 15.9 Å². The Labute approximate surface area is 88.2 Å². The largest absolute Gasteiger partial charge is 0.434 e. The van der Waals surface area contributed by atoms with Crippen LogP contribution in [0.5, 0.6) is 0 Å². The zero-order chi connectivity index (χ0) is 11.9.